The van der Waals surface area contributed by atoms with Crippen LogP contribution in [-0.2, 0) is 16.0 Å². The van der Waals surface area contributed by atoms with Gasteiger partial charge in [0.25, 0.3) is 0 Å². The minimum absolute atomic E-state index is 0.0224. The Morgan fingerprint density at radius 2 is 2.00 bits per heavy atom. The van der Waals surface area contributed by atoms with E-state index < -0.39 is 0 Å². The fourth-order valence-corrected chi connectivity index (χ4v) is 3.06. The van der Waals surface area contributed by atoms with Crippen molar-refractivity contribution in [2.24, 2.45) is 0 Å². The van der Waals surface area contributed by atoms with Gasteiger partial charge in [-0.25, -0.2) is 4.98 Å². The molecule has 1 N–H and O–H groups in total. The lowest BCUT2D eigenvalue weighted by Gasteiger charge is -2.22. The van der Waals surface area contributed by atoms with Crippen molar-refractivity contribution < 1.29 is 9.59 Å². The average Bonchev–Trinajstić information content (AvgIpc) is 3.12. The lowest BCUT2D eigenvalue weighted by atomic mass is 10.1. The number of anilines is 1. The van der Waals surface area contributed by atoms with Crippen LogP contribution in [0.2, 0.25) is 0 Å². The number of carbonyl (C=O) groups excluding carboxylic acids is 2. The number of nitrogens with one attached hydrogen (secondary N) is 1. The second-order valence-corrected chi connectivity index (χ2v) is 6.79. The molecule has 2 rings (SSSR count). The van der Waals surface area contributed by atoms with Crippen LogP contribution in [0.4, 0.5) is 5.13 Å². The molecule has 0 saturated carbocycles. The molecule has 0 unspecified atom stereocenters. The van der Waals surface area contributed by atoms with E-state index >= 15 is 0 Å². The van der Waals surface area contributed by atoms with Gasteiger partial charge in [0.15, 0.2) is 5.13 Å². The van der Waals surface area contributed by atoms with Crippen LogP contribution in [0.15, 0.2) is 41.9 Å². The third kappa shape index (κ3) is 7.05. The third-order valence-electron chi connectivity index (χ3n) is 3.87. The molecule has 134 valence electrons. The van der Waals surface area contributed by atoms with Gasteiger partial charge < -0.3 is 10.2 Å². The summed E-state index contributed by atoms with van der Waals surface area (Å²) in [6, 6.07) is 9.94. The molecular formula is C19H25N3O2S. The van der Waals surface area contributed by atoms with Crippen LogP contribution in [0.1, 0.15) is 38.2 Å². The van der Waals surface area contributed by atoms with Gasteiger partial charge in [0.05, 0.1) is 6.54 Å². The van der Waals surface area contributed by atoms with Crippen LogP contribution < -0.4 is 5.32 Å². The maximum absolute atomic E-state index is 12.6. The van der Waals surface area contributed by atoms with E-state index in [1.165, 1.54) is 11.3 Å². The van der Waals surface area contributed by atoms with Crippen LogP contribution >= 0.6 is 11.3 Å². The lowest BCUT2D eigenvalue weighted by Crippen LogP contribution is -2.38. The van der Waals surface area contributed by atoms with Crippen LogP contribution in [0.25, 0.3) is 0 Å². The first-order valence-corrected chi connectivity index (χ1v) is 9.58. The molecule has 1 aromatic carbocycles. The Hall–Kier alpha value is -2.21. The van der Waals surface area contributed by atoms with E-state index in [0.717, 1.165) is 24.8 Å². The highest BCUT2D eigenvalue weighted by Crippen LogP contribution is 2.11. The van der Waals surface area contributed by atoms with Gasteiger partial charge in [-0.2, -0.15) is 0 Å². The number of hydrogen-bond donors (Lipinski definition) is 1. The Labute approximate surface area is 153 Å². The molecule has 2 amide bonds. The maximum Gasteiger partial charge on any atom is 0.245 e. The van der Waals surface area contributed by atoms with E-state index in [0.29, 0.717) is 24.5 Å². The Morgan fingerprint density at radius 3 is 2.68 bits per heavy atom. The second-order valence-electron chi connectivity index (χ2n) is 5.89. The molecule has 0 saturated heterocycles. The van der Waals surface area contributed by atoms with E-state index in [4.69, 9.17) is 0 Å². The fraction of sp³-hybridized carbons (Fsp3) is 0.421. The van der Waals surface area contributed by atoms with Crippen molar-refractivity contribution in [2.45, 2.75) is 39.0 Å². The standard InChI is InChI=1S/C19H25N3O2S/c1-2-3-7-13-22(15-17(23)21-19-20-12-14-25-19)18(24)11-10-16-8-5-4-6-9-16/h4-6,8-9,12,14H,2-3,7,10-11,13,15H2,1H3,(H,20,21,23). The molecule has 0 aliphatic heterocycles. The number of carbonyl (C=O) groups is 2. The van der Waals surface area contributed by atoms with E-state index in [2.05, 4.69) is 17.2 Å². The van der Waals surface area contributed by atoms with E-state index in [1.807, 2.05) is 30.3 Å². The van der Waals surface area contributed by atoms with Crippen molar-refractivity contribution in [1.82, 2.24) is 9.88 Å². The van der Waals surface area contributed by atoms with Gasteiger partial charge in [-0.05, 0) is 18.4 Å². The molecule has 5 nitrogen and oxygen atoms in total. The van der Waals surface area contributed by atoms with Crippen molar-refractivity contribution in [3.05, 3.63) is 47.5 Å². The largest absolute Gasteiger partial charge is 0.333 e. The smallest absolute Gasteiger partial charge is 0.245 e. The molecule has 0 radical (unpaired) electrons. The molecule has 25 heavy (non-hydrogen) atoms. The molecular weight excluding hydrogens is 334 g/mol. The summed E-state index contributed by atoms with van der Waals surface area (Å²) >= 11 is 1.37. The third-order valence-corrected chi connectivity index (χ3v) is 4.56. The number of amides is 2. The molecule has 1 aromatic heterocycles. The Balaban J connectivity index is 1.88. The van der Waals surface area contributed by atoms with Crippen molar-refractivity contribution in [3.8, 4) is 0 Å². The van der Waals surface area contributed by atoms with E-state index in [1.54, 1.807) is 16.5 Å². The minimum Gasteiger partial charge on any atom is -0.333 e. The summed E-state index contributed by atoms with van der Waals surface area (Å²) in [5.74, 6) is -0.172. The Bertz CT molecular complexity index is 644. The highest BCUT2D eigenvalue weighted by Gasteiger charge is 2.17. The number of thiazole rings is 1. The molecule has 2 aromatic rings. The van der Waals surface area contributed by atoms with Crippen molar-refractivity contribution in [3.63, 3.8) is 0 Å². The van der Waals surface area contributed by atoms with Gasteiger partial charge in [0.2, 0.25) is 11.8 Å². The molecule has 0 bridgehead atoms. The van der Waals surface area contributed by atoms with Gasteiger partial charge in [-0.3, -0.25) is 9.59 Å². The number of aryl methyl sites for hydroxylation is 1. The summed E-state index contributed by atoms with van der Waals surface area (Å²) in [4.78, 5) is 30.5. The van der Waals surface area contributed by atoms with Crippen molar-refractivity contribution in [1.29, 1.82) is 0 Å². The van der Waals surface area contributed by atoms with Crippen LogP contribution in [0.5, 0.6) is 0 Å². The van der Waals surface area contributed by atoms with Crippen LogP contribution in [0, 0.1) is 0 Å². The number of nitrogens with zero attached hydrogens (tertiary/aromatic N) is 2. The predicted molar refractivity (Wildman–Crippen MR) is 102 cm³/mol. The van der Waals surface area contributed by atoms with Crippen LogP contribution in [0.3, 0.4) is 0 Å². The molecule has 1 heterocycles. The first kappa shape index (κ1) is 19.1. The normalized spacial score (nSPS) is 10.4. The zero-order chi connectivity index (χ0) is 17.9. The zero-order valence-corrected chi connectivity index (χ0v) is 15.4. The number of unbranched alkanes of at least 4 members (excludes halogenated alkanes) is 2. The maximum atomic E-state index is 12.6. The summed E-state index contributed by atoms with van der Waals surface area (Å²) in [5.41, 5.74) is 1.14. The number of hydrogen-bond acceptors (Lipinski definition) is 4. The first-order valence-electron chi connectivity index (χ1n) is 8.70. The topological polar surface area (TPSA) is 62.3 Å². The average molecular weight is 359 g/mol. The summed E-state index contributed by atoms with van der Waals surface area (Å²) in [5, 5.41) is 5.12. The number of aromatic nitrogens is 1. The number of benzene rings is 1. The molecule has 6 heteroatoms. The van der Waals surface area contributed by atoms with Crippen molar-refractivity contribution >= 4 is 28.3 Å². The number of rotatable bonds is 10. The zero-order valence-electron chi connectivity index (χ0n) is 14.6. The predicted octanol–water partition coefficient (Wildman–Crippen LogP) is 3.73. The van der Waals surface area contributed by atoms with Gasteiger partial charge in [-0.1, -0.05) is 50.1 Å². The highest BCUT2D eigenvalue weighted by atomic mass is 32.1. The summed E-state index contributed by atoms with van der Waals surface area (Å²) in [7, 11) is 0. The lowest BCUT2D eigenvalue weighted by molar-refractivity contribution is -0.134. The summed E-state index contributed by atoms with van der Waals surface area (Å²) in [6.07, 6.45) is 5.80. The molecule has 0 aliphatic carbocycles. The molecule has 0 spiro atoms. The second kappa shape index (κ2) is 10.6. The minimum atomic E-state index is -0.195. The van der Waals surface area contributed by atoms with Crippen LogP contribution in [-0.4, -0.2) is 34.8 Å². The monoisotopic (exact) mass is 359 g/mol. The molecule has 0 aliphatic rings. The van der Waals surface area contributed by atoms with Gasteiger partial charge >= 0.3 is 0 Å². The van der Waals surface area contributed by atoms with Gasteiger partial charge in [-0.15, -0.1) is 11.3 Å². The Morgan fingerprint density at radius 1 is 1.20 bits per heavy atom. The SMILES string of the molecule is CCCCCN(CC(=O)Nc1nccs1)C(=O)CCc1ccccc1. The summed E-state index contributed by atoms with van der Waals surface area (Å²) in [6.45, 7) is 2.82. The highest BCUT2D eigenvalue weighted by molar-refractivity contribution is 7.13. The van der Waals surface area contributed by atoms with E-state index in [-0.39, 0.29) is 18.4 Å². The summed E-state index contributed by atoms with van der Waals surface area (Å²) < 4.78 is 0. The van der Waals surface area contributed by atoms with Gasteiger partial charge in [0.1, 0.15) is 0 Å². The Kier molecular flexibility index (Phi) is 8.12. The molecule has 0 fully saturated rings. The van der Waals surface area contributed by atoms with Crippen molar-refractivity contribution in [2.75, 3.05) is 18.4 Å². The first-order chi connectivity index (χ1) is 12.2. The van der Waals surface area contributed by atoms with Gasteiger partial charge in [0, 0.05) is 24.5 Å². The van der Waals surface area contributed by atoms with E-state index in [9.17, 15) is 9.59 Å². The fourth-order valence-electron chi connectivity index (χ4n) is 2.52. The molecule has 0 atom stereocenters. The quantitative estimate of drug-likeness (QED) is 0.658.